The molecule has 2 rings (SSSR count). The summed E-state index contributed by atoms with van der Waals surface area (Å²) >= 11 is 0. The van der Waals surface area contributed by atoms with Crippen LogP contribution in [0.3, 0.4) is 0 Å². The van der Waals surface area contributed by atoms with Crippen LogP contribution in [0.15, 0.2) is 10.6 Å². The molecule has 1 fully saturated rings. The number of nitrogens with zero attached hydrogens (tertiary/aromatic N) is 2. The summed E-state index contributed by atoms with van der Waals surface area (Å²) in [4.78, 5) is 2.17. The Morgan fingerprint density at radius 1 is 1.59 bits per heavy atom. The quantitative estimate of drug-likeness (QED) is 0.811. The second-order valence-electron chi connectivity index (χ2n) is 4.69. The first-order valence-electron chi connectivity index (χ1n) is 5.81. The minimum absolute atomic E-state index is 0.193. The Kier molecular flexibility index (Phi) is 3.53. The van der Waals surface area contributed by atoms with Crippen LogP contribution in [-0.4, -0.2) is 43.6 Å². The summed E-state index contributed by atoms with van der Waals surface area (Å²) in [7, 11) is -2.90. The van der Waals surface area contributed by atoms with Crippen LogP contribution in [0.25, 0.3) is 0 Å². The fraction of sp³-hybridized carbons (Fsp3) is 0.727. The molecule has 1 aromatic rings. The summed E-state index contributed by atoms with van der Waals surface area (Å²) < 4.78 is 27.6. The third kappa shape index (κ3) is 3.29. The van der Waals surface area contributed by atoms with E-state index >= 15 is 0 Å². The summed E-state index contributed by atoms with van der Waals surface area (Å²) in [5.41, 5.74) is 0.870. The zero-order chi connectivity index (χ0) is 12.5. The number of hydrogen-bond donors (Lipinski definition) is 0. The fourth-order valence-corrected chi connectivity index (χ4v) is 2.81. The number of aryl methyl sites for hydroxylation is 1. The highest BCUT2D eigenvalue weighted by molar-refractivity contribution is 7.90. The SMILES string of the molecule is Cc1cc([C@H]2CCCN2CCS(C)(=O)=O)on1. The third-order valence-corrected chi connectivity index (χ3v) is 4.01. The van der Waals surface area contributed by atoms with Crippen LogP contribution in [0.5, 0.6) is 0 Å². The Hall–Kier alpha value is -0.880. The first-order valence-corrected chi connectivity index (χ1v) is 7.87. The van der Waals surface area contributed by atoms with E-state index in [1.165, 1.54) is 6.26 Å². The van der Waals surface area contributed by atoms with Gasteiger partial charge in [-0.15, -0.1) is 0 Å². The summed E-state index contributed by atoms with van der Waals surface area (Å²) in [6.45, 7) is 3.39. The van der Waals surface area contributed by atoms with E-state index in [0.29, 0.717) is 6.54 Å². The zero-order valence-electron chi connectivity index (χ0n) is 10.2. The van der Waals surface area contributed by atoms with Crippen molar-refractivity contribution in [3.05, 3.63) is 17.5 Å². The molecular weight excluding hydrogens is 240 g/mol. The molecule has 0 unspecified atom stereocenters. The predicted molar refractivity (Wildman–Crippen MR) is 64.5 cm³/mol. The van der Waals surface area contributed by atoms with Crippen molar-refractivity contribution in [2.45, 2.75) is 25.8 Å². The minimum atomic E-state index is -2.90. The van der Waals surface area contributed by atoms with Crippen molar-refractivity contribution >= 4 is 9.84 Å². The largest absolute Gasteiger partial charge is 0.359 e. The highest BCUT2D eigenvalue weighted by atomic mass is 32.2. The Morgan fingerprint density at radius 2 is 2.35 bits per heavy atom. The maximum absolute atomic E-state index is 11.2. The Labute approximate surface area is 102 Å². The van der Waals surface area contributed by atoms with E-state index in [1.807, 2.05) is 13.0 Å². The summed E-state index contributed by atoms with van der Waals surface area (Å²) in [5, 5.41) is 3.88. The molecule has 0 bridgehead atoms. The standard InChI is InChI=1S/C11H18N2O3S/c1-9-8-11(16-12-9)10-4-3-5-13(10)6-7-17(2,14)15/h8,10H,3-7H2,1-2H3/t10-/m1/s1. The van der Waals surface area contributed by atoms with Gasteiger partial charge in [-0.1, -0.05) is 5.16 Å². The number of aromatic nitrogens is 1. The van der Waals surface area contributed by atoms with Crippen molar-refractivity contribution in [3.63, 3.8) is 0 Å². The Bertz CT molecular complexity index is 481. The topological polar surface area (TPSA) is 63.4 Å². The molecule has 17 heavy (non-hydrogen) atoms. The van der Waals surface area contributed by atoms with Crippen LogP contribution in [0.2, 0.25) is 0 Å². The van der Waals surface area contributed by atoms with Gasteiger partial charge >= 0.3 is 0 Å². The van der Waals surface area contributed by atoms with Crippen LogP contribution in [-0.2, 0) is 9.84 Å². The third-order valence-electron chi connectivity index (χ3n) is 3.09. The number of hydrogen-bond acceptors (Lipinski definition) is 5. The molecule has 1 aliphatic rings. The van der Waals surface area contributed by atoms with Crippen molar-refractivity contribution in [1.29, 1.82) is 0 Å². The molecule has 0 radical (unpaired) electrons. The average molecular weight is 258 g/mol. The van der Waals surface area contributed by atoms with Crippen LogP contribution in [0.1, 0.15) is 30.3 Å². The lowest BCUT2D eigenvalue weighted by Crippen LogP contribution is -2.28. The molecule has 1 atom stereocenters. The highest BCUT2D eigenvalue weighted by Gasteiger charge is 2.29. The van der Waals surface area contributed by atoms with E-state index in [-0.39, 0.29) is 11.8 Å². The van der Waals surface area contributed by atoms with Gasteiger partial charge in [0.25, 0.3) is 0 Å². The molecule has 0 amide bonds. The van der Waals surface area contributed by atoms with Crippen LogP contribution in [0.4, 0.5) is 0 Å². The maximum atomic E-state index is 11.2. The number of likely N-dealkylation sites (tertiary alicyclic amines) is 1. The van der Waals surface area contributed by atoms with Gasteiger partial charge < -0.3 is 4.52 Å². The number of rotatable bonds is 4. The average Bonchev–Trinajstić information content (AvgIpc) is 2.81. The Balaban J connectivity index is 2.02. The lowest BCUT2D eigenvalue weighted by atomic mass is 10.1. The molecule has 0 aromatic carbocycles. The zero-order valence-corrected chi connectivity index (χ0v) is 11.0. The van der Waals surface area contributed by atoms with Crippen LogP contribution in [0, 0.1) is 6.92 Å². The van der Waals surface area contributed by atoms with Gasteiger partial charge in [-0.05, 0) is 26.3 Å². The van der Waals surface area contributed by atoms with Gasteiger partial charge in [-0.3, -0.25) is 4.90 Å². The van der Waals surface area contributed by atoms with E-state index < -0.39 is 9.84 Å². The van der Waals surface area contributed by atoms with Crippen molar-refractivity contribution < 1.29 is 12.9 Å². The second-order valence-corrected chi connectivity index (χ2v) is 6.95. The fourth-order valence-electron chi connectivity index (χ4n) is 2.24. The summed E-state index contributed by atoms with van der Waals surface area (Å²) in [6, 6.07) is 2.13. The summed E-state index contributed by atoms with van der Waals surface area (Å²) in [5.74, 6) is 1.06. The first-order chi connectivity index (χ1) is 7.96. The molecule has 1 saturated heterocycles. The van der Waals surface area contributed by atoms with Crippen molar-refractivity contribution in [3.8, 4) is 0 Å². The van der Waals surface area contributed by atoms with Crippen LogP contribution < -0.4 is 0 Å². The van der Waals surface area contributed by atoms with E-state index in [9.17, 15) is 8.42 Å². The van der Waals surface area contributed by atoms with E-state index in [1.54, 1.807) is 0 Å². The van der Waals surface area contributed by atoms with Crippen molar-refractivity contribution in [1.82, 2.24) is 10.1 Å². The van der Waals surface area contributed by atoms with Gasteiger partial charge in [0.1, 0.15) is 9.84 Å². The van der Waals surface area contributed by atoms with Gasteiger partial charge in [0.05, 0.1) is 17.5 Å². The lowest BCUT2D eigenvalue weighted by Gasteiger charge is -2.21. The smallest absolute Gasteiger partial charge is 0.154 e. The molecule has 0 spiro atoms. The maximum Gasteiger partial charge on any atom is 0.154 e. The van der Waals surface area contributed by atoms with Gasteiger partial charge in [0.15, 0.2) is 5.76 Å². The molecule has 0 aliphatic carbocycles. The first kappa shape index (κ1) is 12.6. The normalized spacial score (nSPS) is 22.1. The summed E-state index contributed by atoms with van der Waals surface area (Å²) in [6.07, 6.45) is 3.36. The van der Waals surface area contributed by atoms with Crippen LogP contribution >= 0.6 is 0 Å². The second kappa shape index (κ2) is 4.78. The molecule has 1 aliphatic heterocycles. The van der Waals surface area contributed by atoms with Gasteiger partial charge in [0, 0.05) is 18.9 Å². The van der Waals surface area contributed by atoms with Gasteiger partial charge in [-0.25, -0.2) is 8.42 Å². The molecule has 2 heterocycles. The van der Waals surface area contributed by atoms with E-state index in [2.05, 4.69) is 10.1 Å². The van der Waals surface area contributed by atoms with Crippen molar-refractivity contribution in [2.75, 3.05) is 25.1 Å². The van der Waals surface area contributed by atoms with Gasteiger partial charge in [-0.2, -0.15) is 0 Å². The number of sulfone groups is 1. The molecule has 0 saturated carbocycles. The predicted octanol–water partition coefficient (Wildman–Crippen LogP) is 1.16. The van der Waals surface area contributed by atoms with Gasteiger partial charge in [0.2, 0.25) is 0 Å². The minimum Gasteiger partial charge on any atom is -0.359 e. The molecule has 0 N–H and O–H groups in total. The van der Waals surface area contributed by atoms with E-state index in [4.69, 9.17) is 4.52 Å². The van der Waals surface area contributed by atoms with Crippen molar-refractivity contribution in [2.24, 2.45) is 0 Å². The highest BCUT2D eigenvalue weighted by Crippen LogP contribution is 2.31. The molecular formula is C11H18N2O3S. The monoisotopic (exact) mass is 258 g/mol. The molecule has 5 nitrogen and oxygen atoms in total. The molecule has 1 aromatic heterocycles. The Morgan fingerprint density at radius 3 is 2.94 bits per heavy atom. The van der Waals surface area contributed by atoms with E-state index in [0.717, 1.165) is 30.8 Å². The molecule has 96 valence electrons. The molecule has 6 heteroatoms. The lowest BCUT2D eigenvalue weighted by molar-refractivity contribution is 0.223.